The van der Waals surface area contributed by atoms with E-state index in [0.29, 0.717) is 0 Å². The van der Waals surface area contributed by atoms with Gasteiger partial charge in [-0.05, 0) is 201 Å². The Bertz CT molecular complexity index is 4210. The van der Waals surface area contributed by atoms with Crippen molar-refractivity contribution in [2.24, 2.45) is 0 Å². The third-order valence-corrected chi connectivity index (χ3v) is 16.4. The van der Waals surface area contributed by atoms with E-state index >= 15 is 0 Å². The van der Waals surface area contributed by atoms with Crippen molar-refractivity contribution < 1.29 is 0 Å². The van der Waals surface area contributed by atoms with Gasteiger partial charge in [-0.1, -0.05) is 253 Å². The molecule has 0 amide bonds. The van der Waals surface area contributed by atoms with Gasteiger partial charge in [-0.15, -0.1) is 0 Å². The van der Waals surface area contributed by atoms with Crippen molar-refractivity contribution in [1.29, 1.82) is 0 Å². The van der Waals surface area contributed by atoms with E-state index in [1.165, 1.54) is 143 Å². The molecule has 0 nitrogen and oxygen atoms in total. The Hall–Kier alpha value is -7.80. The maximum atomic E-state index is 2.53. The third-order valence-electron chi connectivity index (χ3n) is 16.4. The number of hydrogen-bond donors (Lipinski definition) is 0. The molecule has 0 saturated carbocycles. The largest absolute Gasteiger partial charge is 0.0622 e. The second kappa shape index (κ2) is 17.9. The first-order valence-corrected chi connectivity index (χ1v) is 27.5. The average Bonchev–Trinajstić information content (AvgIpc) is 3.58. The lowest BCUT2D eigenvalue weighted by molar-refractivity contribution is 0.568. The highest BCUT2D eigenvalue weighted by atomic mass is 14.3. The average molecular weight is 983 g/mol. The number of rotatable bonds is 5. The second-order valence-electron chi connectivity index (χ2n) is 25.8. The molecule has 0 unspecified atom stereocenters. The zero-order valence-electron chi connectivity index (χ0n) is 46.6. The van der Waals surface area contributed by atoms with E-state index < -0.39 is 0 Å². The highest BCUT2D eigenvalue weighted by Crippen LogP contribution is 2.48. The van der Waals surface area contributed by atoms with Crippen LogP contribution < -0.4 is 0 Å². The summed E-state index contributed by atoms with van der Waals surface area (Å²) in [5.41, 5.74) is 17.8. The third kappa shape index (κ3) is 8.67. The Morgan fingerprint density at radius 2 is 0.434 bits per heavy atom. The van der Waals surface area contributed by atoms with Crippen LogP contribution >= 0.6 is 0 Å². The summed E-state index contributed by atoms with van der Waals surface area (Å²) in [5, 5.41) is 15.2. The molecule has 0 saturated heterocycles. The van der Waals surface area contributed by atoms with Crippen LogP contribution in [-0.2, 0) is 21.7 Å². The molecular weight excluding hydrogens is 913 g/mol. The summed E-state index contributed by atoms with van der Waals surface area (Å²) in [6.07, 6.45) is 0. The van der Waals surface area contributed by atoms with Gasteiger partial charge in [0.05, 0.1) is 0 Å². The molecule has 0 bridgehead atoms. The molecule has 76 heavy (non-hydrogen) atoms. The molecule has 0 atom stereocenters. The van der Waals surface area contributed by atoms with Crippen molar-refractivity contribution in [3.8, 4) is 55.6 Å². The normalized spacial score (nSPS) is 12.7. The zero-order valence-corrected chi connectivity index (χ0v) is 46.6. The highest BCUT2D eigenvalue weighted by Gasteiger charge is 2.26. The van der Waals surface area contributed by atoms with E-state index in [1.807, 2.05) is 0 Å². The molecule has 0 aliphatic heterocycles. The topological polar surface area (TPSA) is 0 Å². The molecule has 0 aromatic heterocycles. The van der Waals surface area contributed by atoms with Crippen LogP contribution in [0.3, 0.4) is 0 Å². The van der Waals surface area contributed by atoms with Crippen LogP contribution in [0, 0.1) is 0 Å². The Balaban J connectivity index is 1.17. The quantitative estimate of drug-likeness (QED) is 0.151. The summed E-state index contributed by atoms with van der Waals surface area (Å²) >= 11 is 0. The lowest BCUT2D eigenvalue weighted by Crippen LogP contribution is -2.16. The molecule has 0 N–H and O–H groups in total. The predicted molar refractivity (Wildman–Crippen MR) is 333 cm³/mol. The second-order valence-corrected chi connectivity index (χ2v) is 25.8. The van der Waals surface area contributed by atoms with Gasteiger partial charge in [0.25, 0.3) is 0 Å². The van der Waals surface area contributed by atoms with Crippen molar-refractivity contribution in [3.63, 3.8) is 0 Å². The van der Waals surface area contributed by atoms with Crippen molar-refractivity contribution >= 4 is 64.6 Å². The maximum absolute atomic E-state index is 2.53. The van der Waals surface area contributed by atoms with Crippen LogP contribution in [0.4, 0.5) is 0 Å². The Kier molecular flexibility index (Phi) is 11.6. The van der Waals surface area contributed by atoms with Gasteiger partial charge in [0.15, 0.2) is 0 Å². The molecule has 0 heteroatoms. The van der Waals surface area contributed by atoms with Crippen LogP contribution in [0.15, 0.2) is 206 Å². The van der Waals surface area contributed by atoms with Crippen molar-refractivity contribution in [3.05, 3.63) is 229 Å². The van der Waals surface area contributed by atoms with Gasteiger partial charge in [0.1, 0.15) is 0 Å². The van der Waals surface area contributed by atoms with E-state index in [1.54, 1.807) is 0 Å². The zero-order chi connectivity index (χ0) is 53.1. The fraction of sp³-hybridized carbons (Fsp3) is 0.211. The molecule has 0 aliphatic rings. The lowest BCUT2D eigenvalue weighted by atomic mass is 9.77. The minimum atomic E-state index is -0.0266. The van der Waals surface area contributed by atoms with Gasteiger partial charge in [-0.2, -0.15) is 0 Å². The first-order chi connectivity index (χ1) is 36.2. The maximum Gasteiger partial charge on any atom is -0.00921 e. The molecule has 12 aromatic rings. The summed E-state index contributed by atoms with van der Waals surface area (Å²) in [4.78, 5) is 0. The van der Waals surface area contributed by atoms with Gasteiger partial charge in [-0.25, -0.2) is 0 Å². The SMILES string of the molecule is CC(C)(C)c1cc(-c2cc3c4cc(-c5ccc6c(c5)c(-c5ccccc5)cc5c7ccccc7c(-c7ccccc7)cc65)ccc4c(-c4cc(C(C)(C)C)cc(C(C)(C)C)c4)cc3c3ccccc23)cc(C(C)(C)C)c1. The van der Waals surface area contributed by atoms with Gasteiger partial charge in [0, 0.05) is 0 Å². The Morgan fingerprint density at radius 1 is 0.171 bits per heavy atom. The molecule has 0 spiro atoms. The molecular formula is C76H70. The van der Waals surface area contributed by atoms with Crippen LogP contribution in [0.2, 0.25) is 0 Å². The standard InChI is InChI=1S/C76H70/c1-73(2,3)53-35-51(36-54(41-53)74(4,5)6)65-46-72-68-40-50(31-33-61(68)66(45-70(72)60-30-22-20-28-58(60)65)52-37-55(75(7,8)9)42-56(38-52)76(10,11)12)49-32-34-62-67(39-49)64(48-25-17-14-18-26-48)44-69-59-29-21-19-27-57(59)63(43-71(62)69)47-23-15-13-16-24-47/h13-46H,1-12H3. The van der Waals surface area contributed by atoms with Crippen molar-refractivity contribution in [2.45, 2.75) is 105 Å². The van der Waals surface area contributed by atoms with Gasteiger partial charge < -0.3 is 0 Å². The van der Waals surface area contributed by atoms with Crippen molar-refractivity contribution in [2.75, 3.05) is 0 Å². The summed E-state index contributed by atoms with van der Waals surface area (Å²) in [6.45, 7) is 28.1. The number of hydrogen-bond acceptors (Lipinski definition) is 0. The number of benzene rings is 12. The van der Waals surface area contributed by atoms with Crippen LogP contribution in [-0.4, -0.2) is 0 Å². The van der Waals surface area contributed by atoms with E-state index in [4.69, 9.17) is 0 Å². The summed E-state index contributed by atoms with van der Waals surface area (Å²) in [5.74, 6) is 0. The highest BCUT2D eigenvalue weighted by molar-refractivity contribution is 6.26. The Labute approximate surface area is 451 Å². The minimum absolute atomic E-state index is 0.0167. The number of fused-ring (bicyclic) bond motifs is 10. The predicted octanol–water partition coefficient (Wildman–Crippen LogP) is 22.1. The molecule has 12 aromatic carbocycles. The summed E-state index contributed by atoms with van der Waals surface area (Å²) < 4.78 is 0. The smallest absolute Gasteiger partial charge is 0.00921 e. The van der Waals surface area contributed by atoms with E-state index in [-0.39, 0.29) is 21.7 Å². The van der Waals surface area contributed by atoms with Gasteiger partial charge in [-0.3, -0.25) is 0 Å². The molecule has 0 heterocycles. The molecule has 374 valence electrons. The van der Waals surface area contributed by atoms with Crippen LogP contribution in [0.25, 0.3) is 120 Å². The van der Waals surface area contributed by atoms with Gasteiger partial charge in [0.2, 0.25) is 0 Å². The lowest BCUT2D eigenvalue weighted by Gasteiger charge is -2.27. The summed E-state index contributed by atoms with van der Waals surface area (Å²) in [7, 11) is 0. The van der Waals surface area contributed by atoms with Crippen LogP contribution in [0.5, 0.6) is 0 Å². The first-order valence-electron chi connectivity index (χ1n) is 27.5. The van der Waals surface area contributed by atoms with Crippen molar-refractivity contribution in [1.82, 2.24) is 0 Å². The molecule has 0 radical (unpaired) electrons. The molecule has 0 fully saturated rings. The molecule has 0 aliphatic carbocycles. The van der Waals surface area contributed by atoms with E-state index in [0.717, 1.165) is 0 Å². The van der Waals surface area contributed by atoms with E-state index in [2.05, 4.69) is 289 Å². The minimum Gasteiger partial charge on any atom is -0.0622 e. The monoisotopic (exact) mass is 983 g/mol. The van der Waals surface area contributed by atoms with Crippen LogP contribution in [0.1, 0.15) is 105 Å². The fourth-order valence-corrected chi connectivity index (χ4v) is 11.8. The Morgan fingerprint density at radius 3 is 0.816 bits per heavy atom. The fourth-order valence-electron chi connectivity index (χ4n) is 11.8. The summed E-state index contributed by atoms with van der Waals surface area (Å²) in [6, 6.07) is 79.2. The molecule has 12 rings (SSSR count). The first kappa shape index (κ1) is 49.1. The van der Waals surface area contributed by atoms with E-state index in [9.17, 15) is 0 Å². The van der Waals surface area contributed by atoms with Gasteiger partial charge >= 0.3 is 0 Å².